The van der Waals surface area contributed by atoms with Gasteiger partial charge in [0, 0.05) is 12.0 Å². The zero-order valence-electron chi connectivity index (χ0n) is 9.89. The normalized spacial score (nSPS) is 12.1. The van der Waals surface area contributed by atoms with Crippen molar-refractivity contribution in [1.29, 1.82) is 0 Å². The van der Waals surface area contributed by atoms with E-state index >= 15 is 0 Å². The predicted octanol–water partition coefficient (Wildman–Crippen LogP) is 1.19. The maximum absolute atomic E-state index is 11.5. The van der Waals surface area contributed by atoms with E-state index in [2.05, 4.69) is 10.0 Å². The van der Waals surface area contributed by atoms with E-state index in [0.29, 0.717) is 6.54 Å². The third kappa shape index (κ3) is 6.21. The first-order valence-electron chi connectivity index (χ1n) is 5.51. The Labute approximate surface area is 103 Å². The van der Waals surface area contributed by atoms with Gasteiger partial charge in [0.2, 0.25) is 10.0 Å². The van der Waals surface area contributed by atoms with Crippen molar-refractivity contribution in [3.63, 3.8) is 0 Å². The largest absolute Gasteiger partial charge is 0.320 e. The summed E-state index contributed by atoms with van der Waals surface area (Å²) in [6, 6.07) is 9.33. The van der Waals surface area contributed by atoms with Crippen LogP contribution in [0.5, 0.6) is 0 Å². The molecule has 0 radical (unpaired) electrons. The molecule has 0 aliphatic heterocycles. The molecule has 17 heavy (non-hydrogen) atoms. The summed E-state index contributed by atoms with van der Waals surface area (Å²) in [6.07, 6.45) is 2.36. The average molecular weight is 254 g/mol. The van der Waals surface area contributed by atoms with E-state index in [9.17, 15) is 8.42 Å². The molecular formula is C12H18N2O2S. The van der Waals surface area contributed by atoms with Crippen molar-refractivity contribution < 1.29 is 8.42 Å². The van der Waals surface area contributed by atoms with Crippen LogP contribution in [0.15, 0.2) is 35.7 Å². The van der Waals surface area contributed by atoms with Crippen molar-refractivity contribution in [3.8, 4) is 0 Å². The maximum Gasteiger partial charge on any atom is 0.233 e. The molecule has 0 saturated heterocycles. The average Bonchev–Trinajstić information content (AvgIpc) is 2.34. The van der Waals surface area contributed by atoms with Crippen molar-refractivity contribution in [2.75, 3.05) is 20.1 Å². The van der Waals surface area contributed by atoms with Crippen LogP contribution in [0, 0.1) is 0 Å². The fourth-order valence-corrected chi connectivity index (χ4v) is 2.12. The quantitative estimate of drug-likeness (QED) is 0.719. The van der Waals surface area contributed by atoms with Gasteiger partial charge in [0.1, 0.15) is 0 Å². The van der Waals surface area contributed by atoms with E-state index in [-0.39, 0.29) is 0 Å². The molecule has 1 aromatic rings. The van der Waals surface area contributed by atoms with Gasteiger partial charge in [-0.3, -0.25) is 0 Å². The number of benzene rings is 1. The summed E-state index contributed by atoms with van der Waals surface area (Å²) in [5.41, 5.74) is 0.869. The van der Waals surface area contributed by atoms with Crippen LogP contribution < -0.4 is 10.0 Å². The van der Waals surface area contributed by atoms with Crippen LogP contribution in [0.25, 0.3) is 6.08 Å². The van der Waals surface area contributed by atoms with E-state index in [1.165, 1.54) is 5.41 Å². The topological polar surface area (TPSA) is 58.2 Å². The SMILES string of the molecule is CNCCCNS(=O)(=O)C=Cc1ccccc1. The van der Waals surface area contributed by atoms with E-state index in [1.807, 2.05) is 37.4 Å². The molecular weight excluding hydrogens is 236 g/mol. The second kappa shape index (κ2) is 7.21. The van der Waals surface area contributed by atoms with Crippen LogP contribution in [0.1, 0.15) is 12.0 Å². The standard InChI is InChI=1S/C12H18N2O2S/c1-13-9-5-10-14-17(15,16)11-8-12-6-3-2-4-7-12/h2-4,6-8,11,13-14H,5,9-10H2,1H3. The Kier molecular flexibility index (Phi) is 5.90. The van der Waals surface area contributed by atoms with Gasteiger partial charge in [0.05, 0.1) is 0 Å². The molecule has 0 unspecified atom stereocenters. The van der Waals surface area contributed by atoms with Crippen LogP contribution in [0.3, 0.4) is 0 Å². The first kappa shape index (κ1) is 13.9. The highest BCUT2D eigenvalue weighted by molar-refractivity contribution is 7.92. The van der Waals surface area contributed by atoms with Crippen LogP contribution in [0.4, 0.5) is 0 Å². The van der Waals surface area contributed by atoms with E-state index < -0.39 is 10.0 Å². The van der Waals surface area contributed by atoms with Gasteiger partial charge in [-0.25, -0.2) is 13.1 Å². The minimum Gasteiger partial charge on any atom is -0.320 e. The van der Waals surface area contributed by atoms with Gasteiger partial charge in [-0.05, 0) is 31.7 Å². The Morgan fingerprint density at radius 1 is 1.18 bits per heavy atom. The van der Waals surface area contributed by atoms with Crippen LogP contribution in [-0.2, 0) is 10.0 Å². The lowest BCUT2D eigenvalue weighted by atomic mass is 10.2. The Balaban J connectivity index is 2.46. The molecule has 1 rings (SSSR count). The lowest BCUT2D eigenvalue weighted by Gasteiger charge is -2.02. The molecule has 0 bridgehead atoms. The number of hydrogen-bond donors (Lipinski definition) is 2. The van der Waals surface area contributed by atoms with Gasteiger partial charge < -0.3 is 5.32 Å². The molecule has 4 nitrogen and oxygen atoms in total. The predicted molar refractivity (Wildman–Crippen MR) is 70.9 cm³/mol. The molecule has 5 heteroatoms. The van der Waals surface area contributed by atoms with Crippen molar-refractivity contribution in [3.05, 3.63) is 41.3 Å². The van der Waals surface area contributed by atoms with E-state index in [1.54, 1.807) is 6.08 Å². The van der Waals surface area contributed by atoms with Crippen molar-refractivity contribution in [1.82, 2.24) is 10.0 Å². The van der Waals surface area contributed by atoms with Gasteiger partial charge in [0.25, 0.3) is 0 Å². The number of nitrogens with one attached hydrogen (secondary N) is 2. The third-order valence-corrected chi connectivity index (χ3v) is 3.25. The van der Waals surface area contributed by atoms with E-state index in [0.717, 1.165) is 18.5 Å². The fourth-order valence-electron chi connectivity index (χ4n) is 1.26. The summed E-state index contributed by atoms with van der Waals surface area (Å²) in [6.45, 7) is 1.24. The summed E-state index contributed by atoms with van der Waals surface area (Å²) < 4.78 is 25.6. The highest BCUT2D eigenvalue weighted by atomic mass is 32.2. The molecule has 94 valence electrons. The first-order valence-corrected chi connectivity index (χ1v) is 7.06. The molecule has 0 amide bonds. The Hall–Kier alpha value is -1.17. The minimum absolute atomic E-state index is 0.447. The molecule has 0 aliphatic rings. The lowest BCUT2D eigenvalue weighted by molar-refractivity contribution is 0.586. The molecule has 0 aliphatic carbocycles. The number of sulfonamides is 1. The van der Waals surface area contributed by atoms with Crippen LogP contribution in [-0.4, -0.2) is 28.6 Å². The van der Waals surface area contributed by atoms with Gasteiger partial charge in [0.15, 0.2) is 0 Å². The van der Waals surface area contributed by atoms with Gasteiger partial charge in [-0.15, -0.1) is 0 Å². The van der Waals surface area contributed by atoms with E-state index in [4.69, 9.17) is 0 Å². The summed E-state index contributed by atoms with van der Waals surface area (Å²) in [4.78, 5) is 0. The molecule has 0 aromatic heterocycles. The minimum atomic E-state index is -3.32. The number of hydrogen-bond acceptors (Lipinski definition) is 3. The highest BCUT2D eigenvalue weighted by Crippen LogP contribution is 2.02. The number of rotatable bonds is 7. The zero-order valence-corrected chi connectivity index (χ0v) is 10.7. The second-order valence-electron chi connectivity index (χ2n) is 3.61. The van der Waals surface area contributed by atoms with Crippen molar-refractivity contribution >= 4 is 16.1 Å². The Morgan fingerprint density at radius 2 is 1.88 bits per heavy atom. The molecule has 1 aromatic carbocycles. The molecule has 0 fully saturated rings. The summed E-state index contributed by atoms with van der Waals surface area (Å²) >= 11 is 0. The molecule has 0 atom stereocenters. The van der Waals surface area contributed by atoms with Crippen LogP contribution in [0.2, 0.25) is 0 Å². The first-order chi connectivity index (χ1) is 8.14. The van der Waals surface area contributed by atoms with Gasteiger partial charge in [-0.1, -0.05) is 30.3 Å². The summed E-state index contributed by atoms with van der Waals surface area (Å²) in [5, 5.41) is 4.16. The highest BCUT2D eigenvalue weighted by Gasteiger charge is 2.02. The Morgan fingerprint density at radius 3 is 2.53 bits per heavy atom. The molecule has 0 spiro atoms. The summed E-state index contributed by atoms with van der Waals surface area (Å²) in [7, 11) is -1.48. The monoisotopic (exact) mass is 254 g/mol. The second-order valence-corrected chi connectivity index (χ2v) is 5.26. The molecule has 0 saturated carbocycles. The molecule has 0 heterocycles. The zero-order chi connectivity index (χ0) is 12.6. The third-order valence-electron chi connectivity index (χ3n) is 2.15. The Bertz CT molecular complexity index is 441. The lowest BCUT2D eigenvalue weighted by Crippen LogP contribution is -2.24. The van der Waals surface area contributed by atoms with Crippen molar-refractivity contribution in [2.24, 2.45) is 0 Å². The van der Waals surface area contributed by atoms with Crippen LogP contribution >= 0.6 is 0 Å². The fraction of sp³-hybridized carbons (Fsp3) is 0.333. The maximum atomic E-state index is 11.5. The van der Waals surface area contributed by atoms with Gasteiger partial charge in [-0.2, -0.15) is 0 Å². The van der Waals surface area contributed by atoms with Gasteiger partial charge >= 0.3 is 0 Å². The molecule has 2 N–H and O–H groups in total. The summed E-state index contributed by atoms with van der Waals surface area (Å²) in [5.74, 6) is 0. The smallest absolute Gasteiger partial charge is 0.233 e. The van der Waals surface area contributed by atoms with Crippen molar-refractivity contribution in [2.45, 2.75) is 6.42 Å².